The van der Waals surface area contributed by atoms with Crippen LogP contribution in [0.5, 0.6) is 0 Å². The minimum atomic E-state index is -0.338. The number of benzene rings is 1. The summed E-state index contributed by atoms with van der Waals surface area (Å²) in [6.45, 7) is 0.330. The van der Waals surface area contributed by atoms with E-state index in [-0.39, 0.29) is 37.0 Å². The van der Waals surface area contributed by atoms with Crippen molar-refractivity contribution in [1.29, 1.82) is 0 Å². The molecule has 108 valence electrons. The summed E-state index contributed by atoms with van der Waals surface area (Å²) in [5.74, 6) is -0.229. The van der Waals surface area contributed by atoms with Crippen LogP contribution >= 0.6 is 15.9 Å². The Balaban J connectivity index is 1.81. The molecule has 1 aliphatic carbocycles. The molecule has 0 saturated carbocycles. The fourth-order valence-electron chi connectivity index (χ4n) is 2.09. The molecule has 6 heteroatoms. The third-order valence-corrected chi connectivity index (χ3v) is 3.94. The van der Waals surface area contributed by atoms with Crippen molar-refractivity contribution in [2.75, 3.05) is 6.61 Å². The molecule has 2 amide bonds. The van der Waals surface area contributed by atoms with Crippen molar-refractivity contribution in [2.45, 2.75) is 19.0 Å². The van der Waals surface area contributed by atoms with Crippen LogP contribution in [0.2, 0.25) is 0 Å². The summed E-state index contributed by atoms with van der Waals surface area (Å²) in [7, 11) is 0. The zero-order valence-electron chi connectivity index (χ0n) is 10.8. The van der Waals surface area contributed by atoms with Crippen molar-refractivity contribution in [1.82, 2.24) is 10.6 Å². The van der Waals surface area contributed by atoms with Crippen LogP contribution in [0, 0.1) is 11.7 Å². The van der Waals surface area contributed by atoms with E-state index in [1.807, 2.05) is 12.2 Å². The second-order valence-corrected chi connectivity index (χ2v) is 5.59. The van der Waals surface area contributed by atoms with E-state index in [1.54, 1.807) is 6.07 Å². The Bertz CT molecular complexity index is 522. The maximum Gasteiger partial charge on any atom is 0.315 e. The van der Waals surface area contributed by atoms with Gasteiger partial charge in [0, 0.05) is 29.6 Å². The highest BCUT2D eigenvalue weighted by Gasteiger charge is 2.19. The summed E-state index contributed by atoms with van der Waals surface area (Å²) in [6.07, 6.45) is 4.47. The molecule has 1 aromatic rings. The van der Waals surface area contributed by atoms with Gasteiger partial charge in [-0.2, -0.15) is 0 Å². The Hall–Kier alpha value is -1.40. The SMILES string of the molecule is O=C(NCc1cc(F)ccc1Br)N[C@@H]1C=C[C@H](CO)C1. The number of amides is 2. The molecule has 0 fully saturated rings. The van der Waals surface area contributed by atoms with E-state index in [0.717, 1.165) is 4.47 Å². The van der Waals surface area contributed by atoms with Crippen molar-refractivity contribution in [3.63, 3.8) is 0 Å². The molecule has 1 aliphatic rings. The zero-order valence-corrected chi connectivity index (χ0v) is 12.4. The lowest BCUT2D eigenvalue weighted by atomic mass is 10.1. The van der Waals surface area contributed by atoms with Gasteiger partial charge in [0.2, 0.25) is 0 Å². The average molecular weight is 343 g/mol. The first-order valence-electron chi connectivity index (χ1n) is 6.36. The highest BCUT2D eigenvalue weighted by atomic mass is 79.9. The fraction of sp³-hybridized carbons (Fsp3) is 0.357. The van der Waals surface area contributed by atoms with Crippen LogP contribution in [0.3, 0.4) is 0 Å². The van der Waals surface area contributed by atoms with Crippen LogP contribution in [0.4, 0.5) is 9.18 Å². The highest BCUT2D eigenvalue weighted by molar-refractivity contribution is 9.10. The fourth-order valence-corrected chi connectivity index (χ4v) is 2.48. The summed E-state index contributed by atoms with van der Waals surface area (Å²) in [5.41, 5.74) is 0.676. The molecule has 0 radical (unpaired) electrons. The second-order valence-electron chi connectivity index (χ2n) is 4.73. The first-order valence-corrected chi connectivity index (χ1v) is 7.15. The predicted octanol–water partition coefficient (Wildman–Crippen LogP) is 2.32. The normalized spacial score (nSPS) is 20.9. The number of aliphatic hydroxyl groups is 1. The molecule has 0 saturated heterocycles. The average Bonchev–Trinajstić information content (AvgIpc) is 2.87. The van der Waals surface area contributed by atoms with Crippen LogP contribution in [0.25, 0.3) is 0 Å². The lowest BCUT2D eigenvalue weighted by molar-refractivity contribution is 0.231. The van der Waals surface area contributed by atoms with E-state index in [1.165, 1.54) is 12.1 Å². The summed E-state index contributed by atoms with van der Waals surface area (Å²) < 4.78 is 13.8. The summed E-state index contributed by atoms with van der Waals surface area (Å²) >= 11 is 3.31. The summed E-state index contributed by atoms with van der Waals surface area (Å²) in [5, 5.41) is 14.5. The molecular weight excluding hydrogens is 327 g/mol. The molecule has 4 nitrogen and oxygen atoms in total. The lowest BCUT2D eigenvalue weighted by Gasteiger charge is -2.14. The van der Waals surface area contributed by atoms with Gasteiger partial charge in [-0.15, -0.1) is 0 Å². The largest absolute Gasteiger partial charge is 0.396 e. The standard InChI is InChI=1S/C14H16BrFN2O2/c15-13-4-2-11(16)6-10(13)7-17-14(20)18-12-3-1-9(5-12)8-19/h1-4,6,9,12,19H,5,7-8H2,(H2,17,18,20)/t9-,12+/m0/s1. The molecule has 0 aromatic heterocycles. The van der Waals surface area contributed by atoms with Gasteiger partial charge >= 0.3 is 6.03 Å². The van der Waals surface area contributed by atoms with Gasteiger partial charge < -0.3 is 15.7 Å². The Kier molecular flexibility index (Phi) is 5.14. The highest BCUT2D eigenvalue weighted by Crippen LogP contribution is 2.18. The van der Waals surface area contributed by atoms with Gasteiger partial charge in [0.05, 0.1) is 0 Å². The van der Waals surface area contributed by atoms with E-state index >= 15 is 0 Å². The van der Waals surface area contributed by atoms with Crippen molar-refractivity contribution in [3.05, 3.63) is 46.2 Å². The third kappa shape index (κ3) is 4.05. The molecule has 0 heterocycles. The zero-order chi connectivity index (χ0) is 14.5. The van der Waals surface area contributed by atoms with E-state index in [0.29, 0.717) is 12.0 Å². The molecule has 0 bridgehead atoms. The Morgan fingerprint density at radius 2 is 2.25 bits per heavy atom. The Morgan fingerprint density at radius 1 is 1.45 bits per heavy atom. The monoisotopic (exact) mass is 342 g/mol. The second kappa shape index (κ2) is 6.85. The molecule has 3 N–H and O–H groups in total. The molecule has 20 heavy (non-hydrogen) atoms. The van der Waals surface area contributed by atoms with E-state index in [2.05, 4.69) is 26.6 Å². The van der Waals surface area contributed by atoms with Crippen molar-refractivity contribution in [3.8, 4) is 0 Å². The number of carbonyl (C=O) groups is 1. The lowest BCUT2D eigenvalue weighted by Crippen LogP contribution is -2.40. The smallest absolute Gasteiger partial charge is 0.315 e. The van der Waals surface area contributed by atoms with Crippen LogP contribution < -0.4 is 10.6 Å². The topological polar surface area (TPSA) is 61.4 Å². The number of carbonyl (C=O) groups excluding carboxylic acids is 1. The van der Waals surface area contributed by atoms with Gasteiger partial charge in [-0.25, -0.2) is 9.18 Å². The molecule has 2 atom stereocenters. The van der Waals surface area contributed by atoms with Crippen molar-refractivity contribution < 1.29 is 14.3 Å². The maximum absolute atomic E-state index is 13.1. The molecule has 1 aromatic carbocycles. The van der Waals surface area contributed by atoms with Gasteiger partial charge in [-0.1, -0.05) is 28.1 Å². The minimum Gasteiger partial charge on any atom is -0.396 e. The minimum absolute atomic E-state index is 0.0666. The number of rotatable bonds is 4. The molecule has 2 rings (SSSR count). The van der Waals surface area contributed by atoms with Gasteiger partial charge in [0.1, 0.15) is 5.82 Å². The first kappa shape index (κ1) is 15.0. The number of nitrogens with one attached hydrogen (secondary N) is 2. The summed E-state index contributed by atoms with van der Waals surface area (Å²) in [4.78, 5) is 11.7. The van der Waals surface area contributed by atoms with Gasteiger partial charge in [-0.3, -0.25) is 0 Å². The molecule has 0 spiro atoms. The van der Waals surface area contributed by atoms with Crippen molar-refractivity contribution >= 4 is 22.0 Å². The first-order chi connectivity index (χ1) is 9.58. The molecule has 0 unspecified atom stereocenters. The van der Waals surface area contributed by atoms with Crippen LogP contribution in [0.1, 0.15) is 12.0 Å². The van der Waals surface area contributed by atoms with Crippen molar-refractivity contribution in [2.24, 2.45) is 5.92 Å². The van der Waals surface area contributed by atoms with Gasteiger partial charge in [-0.05, 0) is 30.2 Å². The third-order valence-electron chi connectivity index (χ3n) is 3.17. The van der Waals surface area contributed by atoms with Crippen LogP contribution in [-0.4, -0.2) is 23.8 Å². The van der Waals surface area contributed by atoms with E-state index < -0.39 is 0 Å². The summed E-state index contributed by atoms with van der Waals surface area (Å²) in [6, 6.07) is 3.96. The number of hydrogen-bond acceptors (Lipinski definition) is 2. The Morgan fingerprint density at radius 3 is 2.95 bits per heavy atom. The maximum atomic E-state index is 13.1. The quantitative estimate of drug-likeness (QED) is 0.735. The van der Waals surface area contributed by atoms with Crippen LogP contribution in [-0.2, 0) is 6.54 Å². The predicted molar refractivity (Wildman–Crippen MR) is 77.6 cm³/mol. The number of hydrogen-bond donors (Lipinski definition) is 3. The Labute approximate surface area is 125 Å². The van der Waals surface area contributed by atoms with Gasteiger partial charge in [0.25, 0.3) is 0 Å². The number of aliphatic hydroxyl groups excluding tert-OH is 1. The molecular formula is C14H16BrFN2O2. The van der Waals surface area contributed by atoms with Crippen LogP contribution in [0.15, 0.2) is 34.8 Å². The van der Waals surface area contributed by atoms with E-state index in [9.17, 15) is 9.18 Å². The molecule has 0 aliphatic heterocycles. The number of urea groups is 1. The van der Waals surface area contributed by atoms with Gasteiger partial charge in [0.15, 0.2) is 0 Å². The number of halogens is 2. The van der Waals surface area contributed by atoms with E-state index in [4.69, 9.17) is 5.11 Å².